The molecule has 0 amide bonds. The second-order valence-corrected chi connectivity index (χ2v) is 3.23. The molecular formula is C10H8ClNO4. The van der Waals surface area contributed by atoms with Crippen molar-refractivity contribution in [2.45, 2.75) is 0 Å². The predicted octanol–water partition coefficient (Wildman–Crippen LogP) is 2.68. The molecule has 0 fully saturated rings. The molecule has 1 aromatic rings. The summed E-state index contributed by atoms with van der Waals surface area (Å²) in [6.07, 6.45) is 1.38. The second kappa shape index (κ2) is 4.76. The second-order valence-electron chi connectivity index (χ2n) is 2.85. The van der Waals surface area contributed by atoms with E-state index >= 15 is 0 Å². The van der Waals surface area contributed by atoms with Gasteiger partial charge < -0.3 is 4.74 Å². The van der Waals surface area contributed by atoms with E-state index in [1.165, 1.54) is 25.3 Å². The molecule has 0 radical (unpaired) electrons. The van der Waals surface area contributed by atoms with E-state index in [4.69, 9.17) is 11.6 Å². The van der Waals surface area contributed by atoms with Crippen LogP contribution in [0, 0.1) is 10.1 Å². The zero-order chi connectivity index (χ0) is 12.3. The molecular weight excluding hydrogens is 234 g/mol. The van der Waals surface area contributed by atoms with Crippen molar-refractivity contribution in [3.8, 4) is 0 Å². The van der Waals surface area contributed by atoms with Gasteiger partial charge in [-0.15, -0.1) is 0 Å². The van der Waals surface area contributed by atoms with Crippen molar-refractivity contribution in [1.82, 2.24) is 0 Å². The highest BCUT2D eigenvalue weighted by Gasteiger charge is 2.21. The molecule has 0 aliphatic rings. The molecule has 0 saturated carbocycles. The van der Waals surface area contributed by atoms with Crippen molar-refractivity contribution in [2.24, 2.45) is 0 Å². The highest BCUT2D eigenvalue weighted by Crippen LogP contribution is 2.30. The van der Waals surface area contributed by atoms with Gasteiger partial charge in [0.15, 0.2) is 0 Å². The summed E-state index contributed by atoms with van der Waals surface area (Å²) >= 11 is 5.73. The van der Waals surface area contributed by atoms with E-state index in [2.05, 4.69) is 11.3 Å². The third kappa shape index (κ3) is 2.20. The van der Waals surface area contributed by atoms with Gasteiger partial charge in [-0.25, -0.2) is 4.79 Å². The van der Waals surface area contributed by atoms with Crippen LogP contribution in [-0.4, -0.2) is 18.0 Å². The number of methoxy groups -OCH3 is 1. The van der Waals surface area contributed by atoms with E-state index in [1.54, 1.807) is 0 Å². The lowest BCUT2D eigenvalue weighted by Crippen LogP contribution is -2.04. The molecule has 1 aromatic carbocycles. The first-order valence-electron chi connectivity index (χ1n) is 4.20. The third-order valence-electron chi connectivity index (χ3n) is 1.91. The van der Waals surface area contributed by atoms with Gasteiger partial charge in [-0.05, 0) is 11.6 Å². The zero-order valence-corrected chi connectivity index (χ0v) is 9.15. The fourth-order valence-electron chi connectivity index (χ4n) is 1.14. The average molecular weight is 242 g/mol. The van der Waals surface area contributed by atoms with Crippen LogP contribution in [0.25, 0.3) is 6.08 Å². The maximum atomic E-state index is 11.3. The summed E-state index contributed by atoms with van der Waals surface area (Å²) in [4.78, 5) is 21.3. The van der Waals surface area contributed by atoms with Crippen LogP contribution in [0.2, 0.25) is 5.02 Å². The zero-order valence-electron chi connectivity index (χ0n) is 8.40. The van der Waals surface area contributed by atoms with Crippen LogP contribution >= 0.6 is 11.6 Å². The lowest BCUT2D eigenvalue weighted by molar-refractivity contribution is -0.384. The molecule has 0 bridgehead atoms. The number of nitro groups is 1. The SMILES string of the molecule is C=Cc1cc(C(=O)OC)c(Cl)c([N+](=O)[O-])c1. The Bertz CT molecular complexity index is 470. The minimum absolute atomic E-state index is 0.0479. The number of benzene rings is 1. The number of carbonyl (C=O) groups is 1. The van der Waals surface area contributed by atoms with Crippen molar-refractivity contribution < 1.29 is 14.5 Å². The summed E-state index contributed by atoms with van der Waals surface area (Å²) in [6.45, 7) is 3.47. The number of nitro benzene ring substituents is 1. The van der Waals surface area contributed by atoms with E-state index < -0.39 is 10.9 Å². The average Bonchev–Trinajstić information content (AvgIpc) is 2.28. The first kappa shape index (κ1) is 12.2. The number of nitrogens with zero attached hydrogens (tertiary/aromatic N) is 1. The minimum Gasteiger partial charge on any atom is -0.465 e. The highest BCUT2D eigenvalue weighted by molar-refractivity contribution is 6.35. The van der Waals surface area contributed by atoms with Crippen LogP contribution < -0.4 is 0 Å². The molecule has 0 unspecified atom stereocenters. The standard InChI is InChI=1S/C10H8ClNO4/c1-3-6-4-7(10(13)16-2)9(11)8(5-6)12(14)15/h3-5H,1H2,2H3. The number of rotatable bonds is 3. The Morgan fingerprint density at radius 1 is 1.62 bits per heavy atom. The van der Waals surface area contributed by atoms with Crippen LogP contribution in [0.1, 0.15) is 15.9 Å². The maximum absolute atomic E-state index is 11.3. The monoisotopic (exact) mass is 241 g/mol. The number of hydrogen-bond donors (Lipinski definition) is 0. The molecule has 0 spiro atoms. The van der Waals surface area contributed by atoms with Crippen LogP contribution in [0.5, 0.6) is 0 Å². The van der Waals surface area contributed by atoms with Crippen LogP contribution in [0.15, 0.2) is 18.7 Å². The number of carbonyl (C=O) groups excluding carboxylic acids is 1. The van der Waals surface area contributed by atoms with Gasteiger partial charge in [0, 0.05) is 6.07 Å². The molecule has 1 rings (SSSR count). The van der Waals surface area contributed by atoms with Crippen molar-refractivity contribution in [3.05, 3.63) is 45.0 Å². The fourth-order valence-corrected chi connectivity index (χ4v) is 1.40. The van der Waals surface area contributed by atoms with Crippen molar-refractivity contribution >= 4 is 29.3 Å². The van der Waals surface area contributed by atoms with E-state index in [-0.39, 0.29) is 16.3 Å². The van der Waals surface area contributed by atoms with E-state index in [0.29, 0.717) is 5.56 Å². The third-order valence-corrected chi connectivity index (χ3v) is 2.31. The highest BCUT2D eigenvalue weighted by atomic mass is 35.5. The first-order chi connectivity index (χ1) is 7.51. The Labute approximate surface area is 96.4 Å². The lowest BCUT2D eigenvalue weighted by atomic mass is 10.1. The van der Waals surface area contributed by atoms with Gasteiger partial charge in [-0.1, -0.05) is 24.3 Å². The number of hydrogen-bond acceptors (Lipinski definition) is 4. The summed E-state index contributed by atoms with van der Waals surface area (Å²) in [5.41, 5.74) is 0.0317. The number of esters is 1. The van der Waals surface area contributed by atoms with Crippen molar-refractivity contribution in [1.29, 1.82) is 0 Å². The summed E-state index contributed by atoms with van der Waals surface area (Å²) in [6, 6.07) is 2.62. The molecule has 0 aromatic heterocycles. The molecule has 84 valence electrons. The largest absolute Gasteiger partial charge is 0.465 e. The number of ether oxygens (including phenoxy) is 1. The van der Waals surface area contributed by atoms with Crippen molar-refractivity contribution in [2.75, 3.05) is 7.11 Å². The Hall–Kier alpha value is -1.88. The summed E-state index contributed by atoms with van der Waals surface area (Å²) in [5.74, 6) is -0.725. The quantitative estimate of drug-likeness (QED) is 0.463. The summed E-state index contributed by atoms with van der Waals surface area (Å²) in [5, 5.41) is 10.5. The van der Waals surface area contributed by atoms with Gasteiger partial charge in [0.25, 0.3) is 5.69 Å². The van der Waals surface area contributed by atoms with Crippen LogP contribution in [0.4, 0.5) is 5.69 Å². The smallest absolute Gasteiger partial charge is 0.339 e. The Balaban J connectivity index is 3.48. The molecule has 0 aliphatic heterocycles. The molecule has 16 heavy (non-hydrogen) atoms. The van der Waals surface area contributed by atoms with Gasteiger partial charge in [0.2, 0.25) is 0 Å². The Morgan fingerprint density at radius 2 is 2.25 bits per heavy atom. The Kier molecular flexibility index (Phi) is 3.63. The summed E-state index contributed by atoms with van der Waals surface area (Å²) < 4.78 is 4.47. The lowest BCUT2D eigenvalue weighted by Gasteiger charge is -2.04. The summed E-state index contributed by atoms with van der Waals surface area (Å²) in [7, 11) is 1.17. The van der Waals surface area contributed by atoms with Crippen LogP contribution in [0.3, 0.4) is 0 Å². The molecule has 0 saturated heterocycles. The number of halogens is 1. The van der Waals surface area contributed by atoms with Crippen LogP contribution in [-0.2, 0) is 4.74 Å². The van der Waals surface area contributed by atoms with Gasteiger partial charge in [-0.3, -0.25) is 10.1 Å². The molecule has 0 aliphatic carbocycles. The van der Waals surface area contributed by atoms with E-state index in [9.17, 15) is 14.9 Å². The molecule has 6 heteroatoms. The molecule has 5 nitrogen and oxygen atoms in total. The maximum Gasteiger partial charge on any atom is 0.339 e. The Morgan fingerprint density at radius 3 is 2.69 bits per heavy atom. The van der Waals surface area contributed by atoms with Gasteiger partial charge in [0.1, 0.15) is 5.02 Å². The molecule has 0 atom stereocenters. The predicted molar refractivity (Wildman–Crippen MR) is 59.5 cm³/mol. The molecule has 0 N–H and O–H groups in total. The van der Waals surface area contributed by atoms with Gasteiger partial charge in [-0.2, -0.15) is 0 Å². The van der Waals surface area contributed by atoms with Gasteiger partial charge in [0.05, 0.1) is 17.6 Å². The van der Waals surface area contributed by atoms with E-state index in [0.717, 1.165) is 0 Å². The van der Waals surface area contributed by atoms with Gasteiger partial charge >= 0.3 is 5.97 Å². The minimum atomic E-state index is -0.725. The van der Waals surface area contributed by atoms with E-state index in [1.807, 2.05) is 0 Å². The fraction of sp³-hybridized carbons (Fsp3) is 0.100. The topological polar surface area (TPSA) is 69.4 Å². The normalized spacial score (nSPS) is 9.62. The first-order valence-corrected chi connectivity index (χ1v) is 4.57. The van der Waals surface area contributed by atoms with Crippen molar-refractivity contribution in [3.63, 3.8) is 0 Å². The molecule has 0 heterocycles.